The minimum Gasteiger partial charge on any atom is -0.496 e. The van der Waals surface area contributed by atoms with Gasteiger partial charge >= 0.3 is 12.1 Å². The van der Waals surface area contributed by atoms with Gasteiger partial charge in [0, 0.05) is 5.56 Å². The van der Waals surface area contributed by atoms with Crippen LogP contribution in [0.25, 0.3) is 11.1 Å². The Bertz CT molecular complexity index is 661. The highest BCUT2D eigenvalue weighted by Gasteiger charge is 2.30. The molecule has 2 aromatic carbocycles. The molecule has 0 aromatic heterocycles. The number of benzene rings is 2. The van der Waals surface area contributed by atoms with Crippen LogP contribution in [-0.2, 0) is 6.18 Å². The second-order valence-electron chi connectivity index (χ2n) is 4.26. The number of aromatic carboxylic acids is 1. The average molecular weight is 296 g/mol. The van der Waals surface area contributed by atoms with E-state index in [1.807, 2.05) is 0 Å². The summed E-state index contributed by atoms with van der Waals surface area (Å²) >= 11 is 0. The molecule has 1 N–H and O–H groups in total. The molecule has 2 aromatic rings. The first kappa shape index (κ1) is 14.9. The van der Waals surface area contributed by atoms with Crippen LogP contribution in [0.5, 0.6) is 5.75 Å². The second kappa shape index (κ2) is 5.47. The summed E-state index contributed by atoms with van der Waals surface area (Å²) in [6, 6.07) is 8.72. The predicted molar refractivity (Wildman–Crippen MR) is 70.4 cm³/mol. The van der Waals surface area contributed by atoms with E-state index >= 15 is 0 Å². The van der Waals surface area contributed by atoms with Crippen molar-refractivity contribution in [1.82, 2.24) is 0 Å². The first-order chi connectivity index (χ1) is 9.84. The van der Waals surface area contributed by atoms with E-state index in [1.165, 1.54) is 31.4 Å². The number of carboxylic acid groups (broad SMARTS) is 1. The van der Waals surface area contributed by atoms with Gasteiger partial charge in [-0.15, -0.1) is 0 Å². The van der Waals surface area contributed by atoms with E-state index in [-0.39, 0.29) is 16.9 Å². The molecule has 3 nitrogen and oxygen atoms in total. The lowest BCUT2D eigenvalue weighted by Crippen LogP contribution is -2.05. The van der Waals surface area contributed by atoms with Crippen LogP contribution in [0, 0.1) is 0 Å². The molecule has 0 bridgehead atoms. The van der Waals surface area contributed by atoms with Crippen molar-refractivity contribution in [3.05, 3.63) is 53.6 Å². The fourth-order valence-corrected chi connectivity index (χ4v) is 2.00. The Morgan fingerprint density at radius 2 is 1.71 bits per heavy atom. The topological polar surface area (TPSA) is 46.5 Å². The molecule has 2 rings (SSSR count). The summed E-state index contributed by atoms with van der Waals surface area (Å²) in [5, 5.41) is 9.20. The van der Waals surface area contributed by atoms with Crippen LogP contribution in [0.3, 0.4) is 0 Å². The van der Waals surface area contributed by atoms with Gasteiger partial charge in [-0.2, -0.15) is 13.2 Å². The zero-order chi connectivity index (χ0) is 15.6. The van der Waals surface area contributed by atoms with E-state index in [0.29, 0.717) is 5.56 Å². The molecule has 0 saturated heterocycles. The van der Waals surface area contributed by atoms with Crippen LogP contribution in [0.1, 0.15) is 15.9 Å². The largest absolute Gasteiger partial charge is 0.496 e. The van der Waals surface area contributed by atoms with Crippen LogP contribution >= 0.6 is 0 Å². The summed E-state index contributed by atoms with van der Waals surface area (Å²) in [7, 11) is 1.37. The Hall–Kier alpha value is -2.50. The van der Waals surface area contributed by atoms with E-state index in [2.05, 4.69) is 0 Å². The summed E-state index contributed by atoms with van der Waals surface area (Å²) in [6.07, 6.45) is -4.44. The zero-order valence-electron chi connectivity index (χ0n) is 10.9. The highest BCUT2D eigenvalue weighted by Crippen LogP contribution is 2.36. The molecule has 0 aliphatic rings. The van der Waals surface area contributed by atoms with Crippen molar-refractivity contribution >= 4 is 5.97 Å². The van der Waals surface area contributed by atoms with Crippen LogP contribution in [0.15, 0.2) is 42.5 Å². The van der Waals surface area contributed by atoms with E-state index in [1.54, 1.807) is 6.07 Å². The number of methoxy groups -OCH3 is 1. The SMILES string of the molecule is COc1cccc(C(=O)O)c1-c1ccc(C(F)(F)F)cc1. The number of alkyl halides is 3. The summed E-state index contributed by atoms with van der Waals surface area (Å²) in [4.78, 5) is 11.3. The minimum absolute atomic E-state index is 0.0332. The van der Waals surface area contributed by atoms with Gasteiger partial charge < -0.3 is 9.84 Å². The number of hydrogen-bond donors (Lipinski definition) is 1. The Labute approximate surface area is 118 Å². The smallest absolute Gasteiger partial charge is 0.416 e. The van der Waals surface area contributed by atoms with Crippen LogP contribution in [-0.4, -0.2) is 18.2 Å². The van der Waals surface area contributed by atoms with Crippen molar-refractivity contribution in [2.75, 3.05) is 7.11 Å². The van der Waals surface area contributed by atoms with Crippen molar-refractivity contribution in [2.45, 2.75) is 6.18 Å². The molecule has 0 unspecified atom stereocenters. The molecule has 110 valence electrons. The van der Waals surface area contributed by atoms with Crippen LogP contribution in [0.4, 0.5) is 13.2 Å². The molecule has 0 saturated carbocycles. The van der Waals surface area contributed by atoms with Gasteiger partial charge in [0.15, 0.2) is 0 Å². The second-order valence-corrected chi connectivity index (χ2v) is 4.26. The first-order valence-electron chi connectivity index (χ1n) is 5.92. The molecule has 6 heteroatoms. The summed E-state index contributed by atoms with van der Waals surface area (Å²) in [6.45, 7) is 0. The van der Waals surface area contributed by atoms with E-state index < -0.39 is 17.7 Å². The molecule has 0 atom stereocenters. The lowest BCUT2D eigenvalue weighted by Gasteiger charge is -2.13. The first-order valence-corrected chi connectivity index (χ1v) is 5.92. The number of carboxylic acids is 1. The highest BCUT2D eigenvalue weighted by atomic mass is 19.4. The summed E-state index contributed by atoms with van der Waals surface area (Å²) in [5.74, 6) is -0.890. The van der Waals surface area contributed by atoms with Gasteiger partial charge in [0.2, 0.25) is 0 Å². The molecule has 0 fully saturated rings. The Balaban J connectivity index is 2.58. The number of hydrogen-bond acceptors (Lipinski definition) is 2. The van der Waals surface area contributed by atoms with Crippen molar-refractivity contribution in [1.29, 1.82) is 0 Å². The van der Waals surface area contributed by atoms with Gasteiger partial charge in [-0.3, -0.25) is 0 Å². The maximum absolute atomic E-state index is 12.6. The lowest BCUT2D eigenvalue weighted by molar-refractivity contribution is -0.137. The lowest BCUT2D eigenvalue weighted by atomic mass is 9.97. The van der Waals surface area contributed by atoms with E-state index in [0.717, 1.165) is 12.1 Å². The molecular weight excluding hydrogens is 285 g/mol. The fourth-order valence-electron chi connectivity index (χ4n) is 2.00. The van der Waals surface area contributed by atoms with Crippen LogP contribution in [0.2, 0.25) is 0 Å². The predicted octanol–water partition coefficient (Wildman–Crippen LogP) is 4.08. The summed E-state index contributed by atoms with van der Waals surface area (Å²) in [5.41, 5.74) is -0.230. The number of ether oxygens (including phenoxy) is 1. The third kappa shape index (κ3) is 2.99. The van der Waals surface area contributed by atoms with Crippen molar-refractivity contribution in [2.24, 2.45) is 0 Å². The van der Waals surface area contributed by atoms with Gasteiger partial charge in [-0.25, -0.2) is 4.79 Å². The standard InChI is InChI=1S/C15H11F3O3/c1-21-12-4-2-3-11(14(19)20)13(12)9-5-7-10(8-6-9)15(16,17)18/h2-8H,1H3,(H,19,20). The zero-order valence-corrected chi connectivity index (χ0v) is 10.9. The molecule has 0 aliphatic carbocycles. The molecular formula is C15H11F3O3. The Kier molecular flexibility index (Phi) is 3.88. The molecule has 0 spiro atoms. The van der Waals surface area contributed by atoms with Crippen molar-refractivity contribution < 1.29 is 27.8 Å². The Morgan fingerprint density at radius 3 is 2.19 bits per heavy atom. The normalized spacial score (nSPS) is 11.2. The fraction of sp³-hybridized carbons (Fsp3) is 0.133. The van der Waals surface area contributed by atoms with E-state index in [4.69, 9.17) is 4.74 Å². The number of rotatable bonds is 3. The highest BCUT2D eigenvalue weighted by molar-refractivity contribution is 5.98. The average Bonchev–Trinajstić information content (AvgIpc) is 2.45. The van der Waals surface area contributed by atoms with Gasteiger partial charge in [0.05, 0.1) is 18.2 Å². The summed E-state index contributed by atoms with van der Waals surface area (Å²) < 4.78 is 42.8. The molecule has 0 amide bonds. The monoisotopic (exact) mass is 296 g/mol. The molecule has 0 heterocycles. The quantitative estimate of drug-likeness (QED) is 0.928. The van der Waals surface area contributed by atoms with Crippen molar-refractivity contribution in [3.63, 3.8) is 0 Å². The van der Waals surface area contributed by atoms with Gasteiger partial charge in [0.25, 0.3) is 0 Å². The maximum Gasteiger partial charge on any atom is 0.416 e. The number of carbonyl (C=O) groups is 1. The van der Waals surface area contributed by atoms with Gasteiger partial charge in [0.1, 0.15) is 5.75 Å². The maximum atomic E-state index is 12.6. The third-order valence-electron chi connectivity index (χ3n) is 2.98. The molecule has 0 aliphatic heterocycles. The van der Waals surface area contributed by atoms with Crippen molar-refractivity contribution in [3.8, 4) is 16.9 Å². The minimum atomic E-state index is -4.44. The third-order valence-corrected chi connectivity index (χ3v) is 2.98. The molecule has 0 radical (unpaired) electrons. The molecule has 21 heavy (non-hydrogen) atoms. The number of halogens is 3. The van der Waals surface area contributed by atoms with E-state index in [9.17, 15) is 23.1 Å². The Morgan fingerprint density at radius 1 is 1.10 bits per heavy atom. The van der Waals surface area contributed by atoms with Crippen LogP contribution < -0.4 is 4.74 Å². The van der Waals surface area contributed by atoms with Gasteiger partial charge in [-0.1, -0.05) is 18.2 Å². The van der Waals surface area contributed by atoms with Gasteiger partial charge in [-0.05, 0) is 29.8 Å².